The molecule has 0 aromatic heterocycles. The fraction of sp³-hybridized carbons (Fsp3) is 0.833. The van der Waals surface area contributed by atoms with E-state index in [1.54, 1.807) is 0 Å². The molecule has 0 unspecified atom stereocenters. The van der Waals surface area contributed by atoms with Crippen LogP contribution in [0.1, 0.15) is 33.1 Å². The second-order valence-electron chi connectivity index (χ2n) is 4.10. The SMILES string of the molecule is C#CC1(NCC)CCN(CCC)CC1. The molecule has 2 heteroatoms. The normalized spacial score (nSPS) is 21.8. The highest BCUT2D eigenvalue weighted by atomic mass is 15.1. The van der Waals surface area contributed by atoms with Crippen molar-refractivity contribution in [2.24, 2.45) is 0 Å². The van der Waals surface area contributed by atoms with Gasteiger partial charge in [0.15, 0.2) is 0 Å². The summed E-state index contributed by atoms with van der Waals surface area (Å²) in [6.45, 7) is 8.83. The maximum Gasteiger partial charge on any atom is 0.0822 e. The molecule has 1 aliphatic rings. The Morgan fingerprint density at radius 2 is 2.00 bits per heavy atom. The minimum absolute atomic E-state index is 0.0149. The van der Waals surface area contributed by atoms with Crippen LogP contribution in [0.25, 0.3) is 0 Å². The standard InChI is InChI=1S/C12H22N2/c1-4-9-14-10-7-12(5-2,8-11-14)13-6-3/h2,13H,4,6-11H2,1,3H3. The van der Waals surface area contributed by atoms with Crippen molar-refractivity contribution in [1.29, 1.82) is 0 Å². The Kier molecular flexibility index (Phi) is 4.44. The first kappa shape index (κ1) is 11.6. The predicted molar refractivity (Wildman–Crippen MR) is 61.2 cm³/mol. The van der Waals surface area contributed by atoms with Gasteiger partial charge in [-0.3, -0.25) is 0 Å². The molecule has 1 saturated heterocycles. The van der Waals surface area contributed by atoms with E-state index in [2.05, 4.69) is 30.0 Å². The van der Waals surface area contributed by atoms with Gasteiger partial charge in [-0.25, -0.2) is 0 Å². The van der Waals surface area contributed by atoms with Crippen molar-refractivity contribution < 1.29 is 0 Å². The van der Waals surface area contributed by atoms with Gasteiger partial charge in [0.2, 0.25) is 0 Å². The molecule has 0 saturated carbocycles. The third-order valence-corrected chi connectivity index (χ3v) is 3.04. The van der Waals surface area contributed by atoms with Crippen LogP contribution in [0.2, 0.25) is 0 Å². The van der Waals surface area contributed by atoms with Crippen molar-refractivity contribution in [3.05, 3.63) is 0 Å². The zero-order valence-corrected chi connectivity index (χ0v) is 9.47. The van der Waals surface area contributed by atoms with E-state index in [1.165, 1.54) is 13.0 Å². The third kappa shape index (κ3) is 2.73. The van der Waals surface area contributed by atoms with E-state index in [4.69, 9.17) is 6.42 Å². The zero-order chi connectivity index (χ0) is 10.4. The van der Waals surface area contributed by atoms with Gasteiger partial charge in [-0.05, 0) is 32.4 Å². The van der Waals surface area contributed by atoms with Gasteiger partial charge >= 0.3 is 0 Å². The monoisotopic (exact) mass is 194 g/mol. The Bertz CT molecular complexity index is 197. The second-order valence-corrected chi connectivity index (χ2v) is 4.10. The summed E-state index contributed by atoms with van der Waals surface area (Å²) in [5.41, 5.74) is -0.0149. The number of rotatable bonds is 4. The molecule has 0 amide bonds. The maximum atomic E-state index is 5.61. The fourth-order valence-corrected chi connectivity index (χ4v) is 2.19. The zero-order valence-electron chi connectivity index (χ0n) is 9.47. The summed E-state index contributed by atoms with van der Waals surface area (Å²) >= 11 is 0. The summed E-state index contributed by atoms with van der Waals surface area (Å²) in [5.74, 6) is 2.94. The van der Waals surface area contributed by atoms with E-state index in [1.807, 2.05) is 0 Å². The quantitative estimate of drug-likeness (QED) is 0.682. The Labute approximate surface area is 88.1 Å². The smallest absolute Gasteiger partial charge is 0.0822 e. The molecule has 1 aliphatic heterocycles. The summed E-state index contributed by atoms with van der Waals surface area (Å²) in [7, 11) is 0. The number of piperidine rings is 1. The molecule has 1 fully saturated rings. The highest BCUT2D eigenvalue weighted by Crippen LogP contribution is 2.21. The lowest BCUT2D eigenvalue weighted by Crippen LogP contribution is -2.52. The molecule has 0 bridgehead atoms. The minimum atomic E-state index is -0.0149. The van der Waals surface area contributed by atoms with Gasteiger partial charge in [0, 0.05) is 13.1 Å². The summed E-state index contributed by atoms with van der Waals surface area (Å²) in [5, 5.41) is 3.45. The van der Waals surface area contributed by atoms with E-state index < -0.39 is 0 Å². The molecular formula is C12H22N2. The van der Waals surface area contributed by atoms with Crippen LogP contribution in [0.15, 0.2) is 0 Å². The molecule has 1 heterocycles. The molecule has 80 valence electrons. The maximum absolute atomic E-state index is 5.61. The summed E-state index contributed by atoms with van der Waals surface area (Å²) in [4.78, 5) is 2.51. The fourth-order valence-electron chi connectivity index (χ4n) is 2.19. The molecule has 0 aromatic carbocycles. The highest BCUT2D eigenvalue weighted by molar-refractivity contribution is 5.14. The van der Waals surface area contributed by atoms with Crippen molar-refractivity contribution in [2.45, 2.75) is 38.6 Å². The molecule has 0 aromatic rings. The van der Waals surface area contributed by atoms with Crippen LogP contribution in [0, 0.1) is 12.3 Å². The van der Waals surface area contributed by atoms with Gasteiger partial charge < -0.3 is 10.2 Å². The lowest BCUT2D eigenvalue weighted by Gasteiger charge is -2.38. The van der Waals surface area contributed by atoms with Crippen molar-refractivity contribution >= 4 is 0 Å². The van der Waals surface area contributed by atoms with Crippen LogP contribution in [-0.2, 0) is 0 Å². The summed E-state index contributed by atoms with van der Waals surface area (Å²) in [6.07, 6.45) is 9.04. The molecule has 14 heavy (non-hydrogen) atoms. The summed E-state index contributed by atoms with van der Waals surface area (Å²) in [6, 6.07) is 0. The van der Waals surface area contributed by atoms with Crippen molar-refractivity contribution in [1.82, 2.24) is 10.2 Å². The van der Waals surface area contributed by atoms with Gasteiger partial charge in [-0.2, -0.15) is 0 Å². The van der Waals surface area contributed by atoms with Gasteiger partial charge in [-0.15, -0.1) is 6.42 Å². The lowest BCUT2D eigenvalue weighted by atomic mass is 9.88. The molecular weight excluding hydrogens is 172 g/mol. The number of nitrogens with zero attached hydrogens (tertiary/aromatic N) is 1. The first-order valence-electron chi connectivity index (χ1n) is 5.71. The second kappa shape index (κ2) is 5.38. The molecule has 1 rings (SSSR count). The topological polar surface area (TPSA) is 15.3 Å². The first-order valence-corrected chi connectivity index (χ1v) is 5.71. The minimum Gasteiger partial charge on any atom is -0.303 e. The molecule has 0 aliphatic carbocycles. The van der Waals surface area contributed by atoms with E-state index in [0.29, 0.717) is 0 Å². The number of nitrogens with one attached hydrogen (secondary N) is 1. The van der Waals surface area contributed by atoms with Gasteiger partial charge in [0.25, 0.3) is 0 Å². The van der Waals surface area contributed by atoms with Crippen molar-refractivity contribution in [3.8, 4) is 12.3 Å². The Balaban J connectivity index is 2.43. The van der Waals surface area contributed by atoms with Crippen LogP contribution < -0.4 is 5.32 Å². The van der Waals surface area contributed by atoms with E-state index in [9.17, 15) is 0 Å². The predicted octanol–water partition coefficient (Wildman–Crippen LogP) is 1.47. The molecule has 0 radical (unpaired) electrons. The largest absolute Gasteiger partial charge is 0.303 e. The van der Waals surface area contributed by atoms with Crippen LogP contribution in [0.3, 0.4) is 0 Å². The van der Waals surface area contributed by atoms with Gasteiger partial charge in [0.05, 0.1) is 5.54 Å². The highest BCUT2D eigenvalue weighted by Gasteiger charge is 2.31. The van der Waals surface area contributed by atoms with E-state index >= 15 is 0 Å². The van der Waals surface area contributed by atoms with Crippen molar-refractivity contribution in [3.63, 3.8) is 0 Å². The average Bonchev–Trinajstić information content (AvgIpc) is 2.22. The summed E-state index contributed by atoms with van der Waals surface area (Å²) < 4.78 is 0. The average molecular weight is 194 g/mol. The number of hydrogen-bond acceptors (Lipinski definition) is 2. The Morgan fingerprint density at radius 1 is 1.36 bits per heavy atom. The van der Waals surface area contributed by atoms with Gasteiger partial charge in [-0.1, -0.05) is 19.8 Å². The molecule has 0 spiro atoms. The third-order valence-electron chi connectivity index (χ3n) is 3.04. The number of terminal acetylenes is 1. The first-order chi connectivity index (χ1) is 6.76. The van der Waals surface area contributed by atoms with E-state index in [-0.39, 0.29) is 5.54 Å². The lowest BCUT2D eigenvalue weighted by molar-refractivity contribution is 0.169. The molecule has 2 nitrogen and oxygen atoms in total. The number of hydrogen-bond donors (Lipinski definition) is 1. The number of likely N-dealkylation sites (tertiary alicyclic amines) is 1. The molecule has 1 N–H and O–H groups in total. The molecule has 0 atom stereocenters. The van der Waals surface area contributed by atoms with Crippen LogP contribution in [-0.4, -0.2) is 36.6 Å². The van der Waals surface area contributed by atoms with Crippen LogP contribution in [0.4, 0.5) is 0 Å². The Morgan fingerprint density at radius 3 is 2.43 bits per heavy atom. The van der Waals surface area contributed by atoms with Crippen LogP contribution in [0.5, 0.6) is 0 Å². The Hall–Kier alpha value is -0.520. The van der Waals surface area contributed by atoms with E-state index in [0.717, 1.165) is 32.5 Å². The van der Waals surface area contributed by atoms with Crippen molar-refractivity contribution in [2.75, 3.05) is 26.2 Å². The van der Waals surface area contributed by atoms with Crippen LogP contribution >= 0.6 is 0 Å². The van der Waals surface area contributed by atoms with Gasteiger partial charge in [0.1, 0.15) is 0 Å².